The van der Waals surface area contributed by atoms with E-state index in [0.29, 0.717) is 0 Å². The Morgan fingerprint density at radius 1 is 0.720 bits per heavy atom. The van der Waals surface area contributed by atoms with E-state index in [1.54, 1.807) is 0 Å². The maximum atomic E-state index is 10.6. The summed E-state index contributed by atoms with van der Waals surface area (Å²) in [6, 6.07) is 0.0834. The number of likely N-dealkylation sites (tertiary alicyclic amines) is 1. The van der Waals surface area contributed by atoms with Gasteiger partial charge in [0.05, 0.1) is 12.1 Å². The Hall–Kier alpha value is -1.10. The summed E-state index contributed by atoms with van der Waals surface area (Å²) in [6.07, 6.45) is 17.8. The minimum Gasteiger partial charge on any atom is -0.353 e. The molecule has 2 unspecified atom stereocenters. The molecule has 0 radical (unpaired) electrons. The molecule has 5 heteroatoms. The third-order valence-corrected chi connectivity index (χ3v) is 5.29. The van der Waals surface area contributed by atoms with Gasteiger partial charge in [-0.2, -0.15) is 0 Å². The Labute approximate surface area is 154 Å². The van der Waals surface area contributed by atoms with Gasteiger partial charge in [-0.15, -0.1) is 0 Å². The number of carbonyl (C=O) groups excluding carboxylic acids is 2. The number of nitrogens with zero attached hydrogens (tertiary/aromatic N) is 1. The molecule has 2 amide bonds. The minimum absolute atomic E-state index is 0.0417. The highest BCUT2D eigenvalue weighted by Gasteiger charge is 2.31. The number of hydrogen-bond acceptors (Lipinski definition) is 3. The molecule has 1 aliphatic heterocycles. The van der Waals surface area contributed by atoms with E-state index in [1.807, 2.05) is 0 Å². The predicted octanol–water partition coefficient (Wildman–Crippen LogP) is 3.23. The molecule has 146 valence electrons. The molecule has 0 saturated carbocycles. The van der Waals surface area contributed by atoms with Crippen molar-refractivity contribution in [3.05, 3.63) is 0 Å². The second-order valence-electron chi connectivity index (χ2n) is 7.43. The van der Waals surface area contributed by atoms with Crippen molar-refractivity contribution < 1.29 is 9.59 Å². The van der Waals surface area contributed by atoms with E-state index < -0.39 is 0 Å². The highest BCUT2D eigenvalue weighted by molar-refractivity contribution is 5.50. The first-order valence-corrected chi connectivity index (χ1v) is 10.4. The summed E-state index contributed by atoms with van der Waals surface area (Å²) in [5, 5.41) is 5.62. The van der Waals surface area contributed by atoms with Gasteiger partial charge < -0.3 is 10.6 Å². The van der Waals surface area contributed by atoms with E-state index in [9.17, 15) is 9.59 Å². The van der Waals surface area contributed by atoms with Gasteiger partial charge in [0, 0.05) is 13.1 Å². The Balaban J connectivity index is 1.92. The second-order valence-corrected chi connectivity index (χ2v) is 7.43. The normalized spacial score (nSPS) is 20.5. The smallest absolute Gasteiger partial charge is 0.207 e. The van der Waals surface area contributed by atoms with Crippen LogP contribution in [-0.2, 0) is 9.59 Å². The van der Waals surface area contributed by atoms with Gasteiger partial charge in [0.25, 0.3) is 0 Å². The van der Waals surface area contributed by atoms with Gasteiger partial charge in [-0.1, -0.05) is 77.6 Å². The maximum absolute atomic E-state index is 10.6. The Kier molecular flexibility index (Phi) is 13.3. The molecule has 25 heavy (non-hydrogen) atoms. The largest absolute Gasteiger partial charge is 0.353 e. The van der Waals surface area contributed by atoms with E-state index >= 15 is 0 Å². The van der Waals surface area contributed by atoms with E-state index in [1.165, 1.54) is 77.0 Å². The van der Waals surface area contributed by atoms with Gasteiger partial charge in [-0.05, 0) is 13.0 Å². The van der Waals surface area contributed by atoms with E-state index in [2.05, 4.69) is 22.5 Å². The molecule has 0 aromatic carbocycles. The van der Waals surface area contributed by atoms with Gasteiger partial charge in [0.2, 0.25) is 12.8 Å². The molecular weight excluding hydrogens is 314 g/mol. The van der Waals surface area contributed by atoms with Crippen molar-refractivity contribution in [2.24, 2.45) is 0 Å². The number of rotatable bonds is 17. The fourth-order valence-electron chi connectivity index (χ4n) is 3.76. The first-order valence-electron chi connectivity index (χ1n) is 10.4. The molecule has 1 rings (SSSR count). The molecule has 0 aromatic rings. The molecule has 0 aliphatic carbocycles. The lowest BCUT2D eigenvalue weighted by Crippen LogP contribution is -2.46. The zero-order valence-electron chi connectivity index (χ0n) is 16.2. The summed E-state index contributed by atoms with van der Waals surface area (Å²) in [7, 11) is 0. The summed E-state index contributed by atoms with van der Waals surface area (Å²) in [5.74, 6) is 0. The van der Waals surface area contributed by atoms with Crippen LogP contribution < -0.4 is 10.6 Å². The van der Waals surface area contributed by atoms with Crippen molar-refractivity contribution >= 4 is 12.8 Å². The Bertz CT molecular complexity index is 321. The van der Waals surface area contributed by atoms with Gasteiger partial charge in [-0.25, -0.2) is 0 Å². The van der Waals surface area contributed by atoms with Crippen LogP contribution in [0, 0.1) is 0 Å². The zero-order chi connectivity index (χ0) is 18.2. The summed E-state index contributed by atoms with van der Waals surface area (Å²) >= 11 is 0. The molecule has 2 atom stereocenters. The maximum Gasteiger partial charge on any atom is 0.207 e. The number of unbranched alkanes of at least 4 members (excludes halogenated alkanes) is 11. The molecule has 0 bridgehead atoms. The monoisotopic (exact) mass is 353 g/mol. The number of carbonyl (C=O) groups is 2. The SMILES string of the molecule is CCCCCCCCCCCCCCN1CC(NC=O)C(NC=O)C1. The molecule has 1 heterocycles. The van der Waals surface area contributed by atoms with Crippen LogP contribution in [0.15, 0.2) is 0 Å². The van der Waals surface area contributed by atoms with Crippen LogP contribution in [0.1, 0.15) is 84.0 Å². The molecule has 1 saturated heterocycles. The predicted molar refractivity (Wildman–Crippen MR) is 103 cm³/mol. The van der Waals surface area contributed by atoms with Crippen LogP contribution in [0.5, 0.6) is 0 Å². The van der Waals surface area contributed by atoms with Crippen LogP contribution in [0.25, 0.3) is 0 Å². The van der Waals surface area contributed by atoms with Crippen molar-refractivity contribution in [3.63, 3.8) is 0 Å². The quantitative estimate of drug-likeness (QED) is 0.312. The fraction of sp³-hybridized carbons (Fsp3) is 0.900. The second kappa shape index (κ2) is 15.2. The van der Waals surface area contributed by atoms with Gasteiger partial charge >= 0.3 is 0 Å². The molecule has 1 aliphatic rings. The summed E-state index contributed by atoms with van der Waals surface area (Å²) in [4.78, 5) is 23.6. The summed E-state index contributed by atoms with van der Waals surface area (Å²) in [6.45, 7) is 5.00. The highest BCUT2D eigenvalue weighted by Crippen LogP contribution is 2.14. The zero-order valence-corrected chi connectivity index (χ0v) is 16.2. The molecule has 5 nitrogen and oxygen atoms in total. The van der Waals surface area contributed by atoms with Gasteiger partial charge in [0.15, 0.2) is 0 Å². The first kappa shape index (κ1) is 21.9. The minimum atomic E-state index is 0.0417. The van der Waals surface area contributed by atoms with E-state index in [-0.39, 0.29) is 12.1 Å². The third-order valence-electron chi connectivity index (χ3n) is 5.29. The van der Waals surface area contributed by atoms with Crippen molar-refractivity contribution in [1.82, 2.24) is 15.5 Å². The van der Waals surface area contributed by atoms with Crippen molar-refractivity contribution in [1.29, 1.82) is 0 Å². The number of hydrogen-bond donors (Lipinski definition) is 2. The van der Waals surface area contributed by atoms with Crippen molar-refractivity contribution in [2.45, 2.75) is 96.1 Å². The van der Waals surface area contributed by atoms with E-state index in [4.69, 9.17) is 0 Å². The Morgan fingerprint density at radius 2 is 1.12 bits per heavy atom. The molecule has 0 aromatic heterocycles. The summed E-state index contributed by atoms with van der Waals surface area (Å²) in [5.41, 5.74) is 0. The average molecular weight is 354 g/mol. The molecule has 1 fully saturated rings. The average Bonchev–Trinajstić information content (AvgIpc) is 2.98. The Morgan fingerprint density at radius 3 is 1.52 bits per heavy atom. The number of nitrogens with one attached hydrogen (secondary N) is 2. The lowest BCUT2D eigenvalue weighted by molar-refractivity contribution is -0.112. The summed E-state index contributed by atoms with van der Waals surface area (Å²) < 4.78 is 0. The molecular formula is C20H39N3O2. The fourth-order valence-corrected chi connectivity index (χ4v) is 3.76. The molecule has 0 spiro atoms. The van der Waals surface area contributed by atoms with E-state index in [0.717, 1.165) is 32.5 Å². The van der Waals surface area contributed by atoms with Crippen LogP contribution in [0.2, 0.25) is 0 Å². The van der Waals surface area contributed by atoms with Crippen molar-refractivity contribution in [3.8, 4) is 0 Å². The van der Waals surface area contributed by atoms with Crippen LogP contribution >= 0.6 is 0 Å². The van der Waals surface area contributed by atoms with Crippen LogP contribution in [0.4, 0.5) is 0 Å². The topological polar surface area (TPSA) is 61.4 Å². The standard InChI is InChI=1S/C20H39N3O2/c1-2-3-4-5-6-7-8-9-10-11-12-13-14-23-15-19(21-17-24)20(16-23)22-18-25/h17-20H,2-16H2,1H3,(H,21,24)(H,22,25). The lowest BCUT2D eigenvalue weighted by Gasteiger charge is -2.15. The van der Waals surface area contributed by atoms with Crippen LogP contribution in [-0.4, -0.2) is 49.4 Å². The first-order chi connectivity index (χ1) is 12.3. The van der Waals surface area contributed by atoms with Gasteiger partial charge in [-0.3, -0.25) is 14.5 Å². The highest BCUT2D eigenvalue weighted by atomic mass is 16.1. The lowest BCUT2D eigenvalue weighted by atomic mass is 10.1. The van der Waals surface area contributed by atoms with Crippen molar-refractivity contribution in [2.75, 3.05) is 19.6 Å². The number of amides is 2. The van der Waals surface area contributed by atoms with Gasteiger partial charge in [0.1, 0.15) is 0 Å². The molecule has 2 N–H and O–H groups in total. The third kappa shape index (κ3) is 10.5. The van der Waals surface area contributed by atoms with Crippen LogP contribution in [0.3, 0.4) is 0 Å².